The fraction of sp³-hybridized carbons (Fsp3) is 0.444. The maximum absolute atomic E-state index is 13.7. The lowest BCUT2D eigenvalue weighted by Gasteiger charge is -2.34. The van der Waals surface area contributed by atoms with Gasteiger partial charge in [-0.1, -0.05) is 19.1 Å². The van der Waals surface area contributed by atoms with Gasteiger partial charge in [-0.15, -0.1) is 0 Å². The molecule has 0 bridgehead atoms. The lowest BCUT2D eigenvalue weighted by molar-refractivity contribution is -0.123. The van der Waals surface area contributed by atoms with Gasteiger partial charge in [-0.05, 0) is 64.5 Å². The number of aldehydes is 1. The van der Waals surface area contributed by atoms with E-state index in [1.807, 2.05) is 19.9 Å². The molecule has 1 aromatic heterocycles. The van der Waals surface area contributed by atoms with Crippen molar-refractivity contribution in [2.24, 2.45) is 11.8 Å². The van der Waals surface area contributed by atoms with E-state index in [1.54, 1.807) is 36.1 Å². The van der Waals surface area contributed by atoms with Gasteiger partial charge in [-0.25, -0.2) is 4.79 Å². The number of benzene rings is 2. The van der Waals surface area contributed by atoms with Crippen LogP contribution in [0.2, 0.25) is 0 Å². The minimum absolute atomic E-state index is 0.0338. The molecular formula is C27H31NO5. The standard InChI is InChI=1S/C27H31NO5/c1-5-32-27(31)22-13-21-20-8-6-7-19(15-29)25(20)33-24(21)14-23(22)28(16(2)3)26(30)18-11-9-17(4)10-12-18/h6-8,13-18H,5,9-12H2,1-4H3/t17-,18-. The molecule has 0 spiro atoms. The van der Waals surface area contributed by atoms with E-state index in [0.717, 1.165) is 37.4 Å². The molecule has 2 aromatic carbocycles. The van der Waals surface area contributed by atoms with Crippen LogP contribution in [-0.4, -0.2) is 30.8 Å². The Morgan fingerprint density at radius 3 is 2.52 bits per heavy atom. The molecule has 1 fully saturated rings. The summed E-state index contributed by atoms with van der Waals surface area (Å²) < 4.78 is 11.4. The SMILES string of the molecule is CCOC(=O)c1cc2c(cc1N(C(=O)[C@H]1CC[C@H](C)CC1)C(C)C)oc1c(C=O)cccc12. The van der Waals surface area contributed by atoms with Gasteiger partial charge in [0.15, 0.2) is 6.29 Å². The van der Waals surface area contributed by atoms with Crippen molar-refractivity contribution in [1.29, 1.82) is 0 Å². The Morgan fingerprint density at radius 1 is 1.15 bits per heavy atom. The molecule has 0 atom stereocenters. The molecule has 1 amide bonds. The number of furan rings is 1. The van der Waals surface area contributed by atoms with E-state index in [4.69, 9.17) is 9.15 Å². The van der Waals surface area contributed by atoms with Crippen molar-refractivity contribution in [3.8, 4) is 0 Å². The summed E-state index contributed by atoms with van der Waals surface area (Å²) in [5.41, 5.74) is 2.26. The summed E-state index contributed by atoms with van der Waals surface area (Å²) in [4.78, 5) is 39.9. The summed E-state index contributed by atoms with van der Waals surface area (Å²) in [5, 5.41) is 1.46. The molecule has 0 radical (unpaired) electrons. The van der Waals surface area contributed by atoms with Crippen LogP contribution in [0.5, 0.6) is 0 Å². The second-order valence-corrected chi connectivity index (χ2v) is 9.29. The minimum atomic E-state index is -0.481. The van der Waals surface area contributed by atoms with E-state index in [-0.39, 0.29) is 24.5 Å². The predicted molar refractivity (Wildman–Crippen MR) is 129 cm³/mol. The van der Waals surface area contributed by atoms with E-state index >= 15 is 0 Å². The minimum Gasteiger partial charge on any atom is -0.462 e. The van der Waals surface area contributed by atoms with Crippen molar-refractivity contribution in [2.45, 2.75) is 59.4 Å². The maximum Gasteiger partial charge on any atom is 0.340 e. The molecule has 0 N–H and O–H groups in total. The van der Waals surface area contributed by atoms with Crippen LogP contribution in [0, 0.1) is 11.8 Å². The molecule has 33 heavy (non-hydrogen) atoms. The second kappa shape index (κ2) is 9.38. The number of esters is 1. The molecule has 4 rings (SSSR count). The summed E-state index contributed by atoms with van der Waals surface area (Å²) in [6, 6.07) is 8.66. The fourth-order valence-corrected chi connectivity index (χ4v) is 4.87. The highest BCUT2D eigenvalue weighted by Gasteiger charge is 2.33. The highest BCUT2D eigenvalue weighted by Crippen LogP contribution is 2.38. The number of fused-ring (bicyclic) bond motifs is 3. The number of carbonyl (C=O) groups is 3. The third-order valence-corrected chi connectivity index (χ3v) is 6.65. The van der Waals surface area contributed by atoms with Crippen LogP contribution < -0.4 is 4.90 Å². The monoisotopic (exact) mass is 449 g/mol. The molecular weight excluding hydrogens is 418 g/mol. The lowest BCUT2D eigenvalue weighted by Crippen LogP contribution is -2.43. The van der Waals surface area contributed by atoms with Gasteiger partial charge in [0.05, 0.1) is 23.4 Å². The molecule has 174 valence electrons. The summed E-state index contributed by atoms with van der Waals surface area (Å²) in [6.45, 7) is 8.11. The predicted octanol–water partition coefficient (Wildman–Crippen LogP) is 6.14. The molecule has 1 saturated carbocycles. The van der Waals surface area contributed by atoms with E-state index in [9.17, 15) is 14.4 Å². The Labute approximate surface area is 193 Å². The Balaban J connectivity index is 1.89. The zero-order chi connectivity index (χ0) is 23.7. The molecule has 3 aromatic rings. The van der Waals surface area contributed by atoms with Crippen LogP contribution >= 0.6 is 0 Å². The number of anilines is 1. The maximum atomic E-state index is 13.7. The number of amides is 1. The van der Waals surface area contributed by atoms with Gasteiger partial charge in [0.1, 0.15) is 11.2 Å². The summed E-state index contributed by atoms with van der Waals surface area (Å²) >= 11 is 0. The first-order valence-corrected chi connectivity index (χ1v) is 11.8. The second-order valence-electron chi connectivity index (χ2n) is 9.29. The zero-order valence-electron chi connectivity index (χ0n) is 19.7. The van der Waals surface area contributed by atoms with Crippen molar-refractivity contribution in [3.63, 3.8) is 0 Å². The highest BCUT2D eigenvalue weighted by atomic mass is 16.5. The van der Waals surface area contributed by atoms with Crippen molar-refractivity contribution in [1.82, 2.24) is 0 Å². The molecule has 0 saturated heterocycles. The highest BCUT2D eigenvalue weighted by molar-refractivity contribution is 6.14. The molecule has 0 unspecified atom stereocenters. The smallest absolute Gasteiger partial charge is 0.340 e. The van der Waals surface area contributed by atoms with Crippen LogP contribution in [0.15, 0.2) is 34.7 Å². The van der Waals surface area contributed by atoms with Crippen molar-refractivity contribution in [2.75, 3.05) is 11.5 Å². The van der Waals surface area contributed by atoms with Crippen LogP contribution in [0.3, 0.4) is 0 Å². The molecule has 0 aliphatic heterocycles. The number of nitrogens with zero attached hydrogens (tertiary/aromatic N) is 1. The van der Waals surface area contributed by atoms with Crippen LogP contribution in [-0.2, 0) is 9.53 Å². The lowest BCUT2D eigenvalue weighted by atomic mass is 9.82. The number of para-hydroxylation sites is 1. The topological polar surface area (TPSA) is 76.8 Å². The van der Waals surface area contributed by atoms with Crippen molar-refractivity contribution < 1.29 is 23.5 Å². The normalized spacial score (nSPS) is 18.6. The first kappa shape index (κ1) is 23.0. The van der Waals surface area contributed by atoms with E-state index < -0.39 is 5.97 Å². The van der Waals surface area contributed by atoms with E-state index in [0.29, 0.717) is 39.3 Å². The number of ether oxygens (including phenoxy) is 1. The fourth-order valence-electron chi connectivity index (χ4n) is 4.87. The molecule has 6 heteroatoms. The third kappa shape index (κ3) is 4.26. The Morgan fingerprint density at radius 2 is 1.88 bits per heavy atom. The zero-order valence-corrected chi connectivity index (χ0v) is 19.7. The van der Waals surface area contributed by atoms with Crippen LogP contribution in [0.25, 0.3) is 21.9 Å². The van der Waals surface area contributed by atoms with Crippen molar-refractivity contribution >= 4 is 45.8 Å². The Bertz CT molecular complexity index is 1200. The number of carbonyl (C=O) groups excluding carboxylic acids is 3. The summed E-state index contributed by atoms with van der Waals surface area (Å²) in [6.07, 6.45) is 4.53. The number of hydrogen-bond acceptors (Lipinski definition) is 5. The average molecular weight is 450 g/mol. The van der Waals surface area contributed by atoms with Gasteiger partial charge in [-0.3, -0.25) is 9.59 Å². The Kier molecular flexibility index (Phi) is 6.54. The van der Waals surface area contributed by atoms with Crippen molar-refractivity contribution in [3.05, 3.63) is 41.5 Å². The van der Waals surface area contributed by atoms with Crippen LogP contribution in [0.4, 0.5) is 5.69 Å². The molecule has 1 aliphatic carbocycles. The van der Waals surface area contributed by atoms with Gasteiger partial charge in [0, 0.05) is 28.8 Å². The average Bonchev–Trinajstić information content (AvgIpc) is 3.16. The number of hydrogen-bond donors (Lipinski definition) is 0. The Hall–Kier alpha value is -3.15. The van der Waals surface area contributed by atoms with E-state index in [2.05, 4.69) is 6.92 Å². The van der Waals surface area contributed by atoms with Gasteiger partial charge in [0.25, 0.3) is 0 Å². The van der Waals surface area contributed by atoms with Gasteiger partial charge >= 0.3 is 5.97 Å². The van der Waals surface area contributed by atoms with Gasteiger partial charge in [-0.2, -0.15) is 0 Å². The quantitative estimate of drug-likeness (QED) is 0.333. The number of rotatable bonds is 6. The largest absolute Gasteiger partial charge is 0.462 e. The van der Waals surface area contributed by atoms with Crippen LogP contribution in [0.1, 0.15) is 74.1 Å². The summed E-state index contributed by atoms with van der Waals surface area (Å²) in [7, 11) is 0. The molecule has 1 heterocycles. The van der Waals surface area contributed by atoms with Gasteiger partial charge in [0.2, 0.25) is 5.91 Å². The molecule has 1 aliphatic rings. The molecule has 6 nitrogen and oxygen atoms in total. The van der Waals surface area contributed by atoms with Gasteiger partial charge < -0.3 is 14.1 Å². The first-order valence-electron chi connectivity index (χ1n) is 11.8. The summed E-state index contributed by atoms with van der Waals surface area (Å²) in [5.74, 6) is 0.125. The van der Waals surface area contributed by atoms with E-state index in [1.165, 1.54) is 0 Å². The first-order chi connectivity index (χ1) is 15.8. The third-order valence-electron chi connectivity index (χ3n) is 6.65.